The second-order valence-electron chi connectivity index (χ2n) is 5.87. The van der Waals surface area contributed by atoms with E-state index in [9.17, 15) is 12.8 Å². The maximum absolute atomic E-state index is 13.5. The molecule has 3 rings (SSSR count). The molecule has 124 valence electrons. The molecule has 23 heavy (non-hydrogen) atoms. The molecule has 1 aliphatic rings. The van der Waals surface area contributed by atoms with E-state index in [0.717, 1.165) is 5.56 Å². The minimum Gasteiger partial charge on any atom is -0.269 e. The molecule has 0 radical (unpaired) electrons. The van der Waals surface area contributed by atoms with Crippen molar-refractivity contribution in [2.45, 2.75) is 51.1 Å². The number of halogens is 1. The molecule has 0 saturated carbocycles. The van der Waals surface area contributed by atoms with Gasteiger partial charge in [-0.2, -0.15) is 5.10 Å². The van der Waals surface area contributed by atoms with Gasteiger partial charge in [0.15, 0.2) is 0 Å². The molecule has 2 heterocycles. The summed E-state index contributed by atoms with van der Waals surface area (Å²) in [6.07, 6.45) is 2.74. The van der Waals surface area contributed by atoms with Gasteiger partial charge in [0.2, 0.25) is 0 Å². The van der Waals surface area contributed by atoms with Gasteiger partial charge in [-0.1, -0.05) is 0 Å². The summed E-state index contributed by atoms with van der Waals surface area (Å²) >= 11 is 0. The van der Waals surface area contributed by atoms with Crippen LogP contribution >= 0.6 is 0 Å². The molecule has 2 aromatic rings. The van der Waals surface area contributed by atoms with Crippen molar-refractivity contribution in [2.75, 3.05) is 4.31 Å². The highest BCUT2D eigenvalue weighted by Crippen LogP contribution is 2.36. The minimum absolute atomic E-state index is 0.178. The van der Waals surface area contributed by atoms with Crippen molar-refractivity contribution in [3.63, 3.8) is 0 Å². The zero-order valence-corrected chi connectivity index (χ0v) is 14.3. The van der Waals surface area contributed by atoms with Crippen LogP contribution in [0.5, 0.6) is 0 Å². The Labute approximate surface area is 135 Å². The maximum Gasteiger partial charge on any atom is 0.267 e. The van der Waals surface area contributed by atoms with Crippen molar-refractivity contribution < 1.29 is 12.8 Å². The number of aryl methyl sites for hydroxylation is 2. The number of hydrogen-bond acceptors (Lipinski definition) is 3. The molecule has 5 nitrogen and oxygen atoms in total. The van der Waals surface area contributed by atoms with E-state index >= 15 is 0 Å². The number of anilines is 1. The first-order chi connectivity index (χ1) is 10.9. The second kappa shape index (κ2) is 5.63. The van der Waals surface area contributed by atoms with Crippen LogP contribution in [0.25, 0.3) is 0 Å². The van der Waals surface area contributed by atoms with Crippen LogP contribution in [-0.4, -0.2) is 24.2 Å². The predicted octanol–water partition coefficient (Wildman–Crippen LogP) is 2.88. The third-order valence-electron chi connectivity index (χ3n) is 4.41. The molecule has 1 aromatic heterocycles. The zero-order chi connectivity index (χ0) is 16.8. The van der Waals surface area contributed by atoms with Crippen molar-refractivity contribution in [3.8, 4) is 0 Å². The zero-order valence-electron chi connectivity index (χ0n) is 13.5. The van der Waals surface area contributed by atoms with Crippen LogP contribution in [0.4, 0.5) is 10.1 Å². The molecule has 0 spiro atoms. The van der Waals surface area contributed by atoms with Crippen molar-refractivity contribution in [2.24, 2.45) is 0 Å². The summed E-state index contributed by atoms with van der Waals surface area (Å²) in [5, 5.41) is 4.14. The summed E-state index contributed by atoms with van der Waals surface area (Å²) in [4.78, 5) is 0.211. The summed E-state index contributed by atoms with van der Waals surface area (Å²) in [5.74, 6) is -0.342. The first-order valence-corrected chi connectivity index (χ1v) is 9.15. The van der Waals surface area contributed by atoms with Gasteiger partial charge in [0.25, 0.3) is 10.0 Å². The molecule has 0 fully saturated rings. The van der Waals surface area contributed by atoms with Gasteiger partial charge in [-0.15, -0.1) is 0 Å². The van der Waals surface area contributed by atoms with Gasteiger partial charge in [-0.3, -0.25) is 8.99 Å². The lowest BCUT2D eigenvalue weighted by Gasteiger charge is -2.35. The number of sulfonamides is 1. The number of rotatable bonds is 3. The standard InChI is InChI=1S/C16H20FN3O2S/c1-4-19-12(3)16(10-18-19)23(21,22)20-11(2)5-6-13-9-14(17)7-8-15(13)20/h7-11H,4-6H2,1-3H3. The fraction of sp³-hybridized carbons (Fsp3) is 0.438. The summed E-state index contributed by atoms with van der Waals surface area (Å²) in [7, 11) is -3.73. The molecule has 7 heteroatoms. The molecule has 0 aliphatic carbocycles. The van der Waals surface area contributed by atoms with Gasteiger partial charge in [0.1, 0.15) is 10.7 Å². The van der Waals surface area contributed by atoms with E-state index in [4.69, 9.17) is 0 Å². The Morgan fingerprint density at radius 2 is 2.13 bits per heavy atom. The van der Waals surface area contributed by atoms with Crippen LogP contribution in [0.3, 0.4) is 0 Å². The van der Waals surface area contributed by atoms with E-state index in [1.165, 1.54) is 22.6 Å². The largest absolute Gasteiger partial charge is 0.269 e. The van der Waals surface area contributed by atoms with E-state index in [-0.39, 0.29) is 16.8 Å². The van der Waals surface area contributed by atoms with Crippen LogP contribution in [0, 0.1) is 12.7 Å². The minimum atomic E-state index is -3.73. The monoisotopic (exact) mass is 337 g/mol. The number of hydrogen-bond donors (Lipinski definition) is 0. The van der Waals surface area contributed by atoms with Crippen LogP contribution < -0.4 is 4.31 Å². The lowest BCUT2D eigenvalue weighted by atomic mass is 9.99. The van der Waals surface area contributed by atoms with Gasteiger partial charge < -0.3 is 0 Å². The second-order valence-corrected chi connectivity index (χ2v) is 7.65. The first-order valence-electron chi connectivity index (χ1n) is 7.71. The van der Waals surface area contributed by atoms with E-state index in [0.29, 0.717) is 30.8 Å². The predicted molar refractivity (Wildman–Crippen MR) is 86.5 cm³/mol. The molecular formula is C16H20FN3O2S. The molecule has 1 unspecified atom stereocenters. The van der Waals surface area contributed by atoms with E-state index in [1.807, 2.05) is 13.8 Å². The quantitative estimate of drug-likeness (QED) is 0.865. The van der Waals surface area contributed by atoms with Crippen molar-refractivity contribution >= 4 is 15.7 Å². The molecule has 0 saturated heterocycles. The Hall–Kier alpha value is -1.89. The maximum atomic E-state index is 13.5. The molecule has 0 bridgehead atoms. The molecule has 0 N–H and O–H groups in total. The van der Waals surface area contributed by atoms with Crippen molar-refractivity contribution in [3.05, 3.63) is 41.5 Å². The fourth-order valence-corrected chi connectivity index (χ4v) is 5.05. The highest BCUT2D eigenvalue weighted by atomic mass is 32.2. The fourth-order valence-electron chi connectivity index (χ4n) is 3.16. The Kier molecular flexibility index (Phi) is 3.91. The number of benzene rings is 1. The molecular weight excluding hydrogens is 317 g/mol. The van der Waals surface area contributed by atoms with Crippen molar-refractivity contribution in [1.82, 2.24) is 9.78 Å². The molecule has 1 atom stereocenters. The van der Waals surface area contributed by atoms with Crippen LogP contribution in [-0.2, 0) is 23.0 Å². The third kappa shape index (κ3) is 2.52. The normalized spacial score (nSPS) is 18.1. The Morgan fingerprint density at radius 3 is 2.78 bits per heavy atom. The van der Waals surface area contributed by atoms with Gasteiger partial charge in [0.05, 0.1) is 17.6 Å². The summed E-state index contributed by atoms with van der Waals surface area (Å²) in [5.41, 5.74) is 1.91. The van der Waals surface area contributed by atoms with Crippen LogP contribution in [0.15, 0.2) is 29.3 Å². The number of aromatic nitrogens is 2. The highest BCUT2D eigenvalue weighted by molar-refractivity contribution is 7.93. The van der Waals surface area contributed by atoms with Crippen molar-refractivity contribution in [1.29, 1.82) is 0 Å². The summed E-state index contributed by atoms with van der Waals surface area (Å²) < 4.78 is 42.9. The molecule has 0 amide bonds. The first kappa shape index (κ1) is 16.0. The van der Waals surface area contributed by atoms with Gasteiger partial charge in [0, 0.05) is 12.6 Å². The van der Waals surface area contributed by atoms with Crippen LogP contribution in [0.2, 0.25) is 0 Å². The van der Waals surface area contributed by atoms with Gasteiger partial charge in [-0.25, -0.2) is 12.8 Å². The van der Waals surface area contributed by atoms with Gasteiger partial charge in [-0.05, 0) is 57.4 Å². The SMILES string of the molecule is CCn1ncc(S(=O)(=O)N2c3ccc(F)cc3CCC2C)c1C. The Bertz CT molecular complexity index is 845. The average Bonchev–Trinajstić information content (AvgIpc) is 2.88. The summed E-state index contributed by atoms with van der Waals surface area (Å²) in [6.45, 7) is 6.16. The third-order valence-corrected chi connectivity index (χ3v) is 6.44. The highest BCUT2D eigenvalue weighted by Gasteiger charge is 2.35. The molecule has 1 aliphatic heterocycles. The van der Waals surface area contributed by atoms with E-state index in [1.54, 1.807) is 17.7 Å². The smallest absolute Gasteiger partial charge is 0.267 e. The lowest BCUT2D eigenvalue weighted by Crippen LogP contribution is -2.42. The van der Waals surface area contributed by atoms with E-state index < -0.39 is 10.0 Å². The summed E-state index contributed by atoms with van der Waals surface area (Å²) in [6, 6.07) is 4.10. The van der Waals surface area contributed by atoms with E-state index in [2.05, 4.69) is 5.10 Å². The number of fused-ring (bicyclic) bond motifs is 1. The Morgan fingerprint density at radius 1 is 1.39 bits per heavy atom. The molecule has 1 aromatic carbocycles. The average molecular weight is 337 g/mol. The van der Waals surface area contributed by atoms with Crippen LogP contribution in [0.1, 0.15) is 31.5 Å². The van der Waals surface area contributed by atoms with Gasteiger partial charge >= 0.3 is 0 Å². The number of nitrogens with zero attached hydrogens (tertiary/aromatic N) is 3. The topological polar surface area (TPSA) is 55.2 Å². The lowest BCUT2D eigenvalue weighted by molar-refractivity contribution is 0.559. The Balaban J connectivity index is 2.14.